The molecular weight excluding hydrogens is 226 g/mol. The predicted octanol–water partition coefficient (Wildman–Crippen LogP) is 2.06. The molecule has 16 heavy (non-hydrogen) atoms. The van der Waals surface area contributed by atoms with Crippen molar-refractivity contribution >= 4 is 23.0 Å². The van der Waals surface area contributed by atoms with Gasteiger partial charge in [0.1, 0.15) is 4.88 Å². The van der Waals surface area contributed by atoms with Crippen molar-refractivity contribution in [3.8, 4) is 0 Å². The van der Waals surface area contributed by atoms with Crippen LogP contribution in [0.15, 0.2) is 11.4 Å². The van der Waals surface area contributed by atoms with Gasteiger partial charge in [0, 0.05) is 24.2 Å². The Morgan fingerprint density at radius 2 is 2.12 bits per heavy atom. The van der Waals surface area contributed by atoms with Crippen LogP contribution in [0.25, 0.3) is 0 Å². The molecule has 0 unspecified atom stereocenters. The smallest absolute Gasteiger partial charge is 0.345 e. The van der Waals surface area contributed by atoms with Crippen molar-refractivity contribution in [1.29, 1.82) is 0 Å². The number of ether oxygens (including phenoxy) is 1. The Hall–Kier alpha value is -1.07. The predicted molar refractivity (Wildman–Crippen MR) is 63.5 cm³/mol. The summed E-state index contributed by atoms with van der Waals surface area (Å²) >= 11 is 1.27. The monoisotopic (exact) mass is 241 g/mol. The zero-order valence-corrected chi connectivity index (χ0v) is 10.2. The summed E-state index contributed by atoms with van der Waals surface area (Å²) in [7, 11) is 0. The third-order valence-electron chi connectivity index (χ3n) is 2.58. The van der Waals surface area contributed by atoms with Gasteiger partial charge in [-0.15, -0.1) is 11.3 Å². The van der Waals surface area contributed by atoms with Crippen LogP contribution in [0, 0.1) is 0 Å². The number of morpholine rings is 1. The maximum atomic E-state index is 10.8. The van der Waals surface area contributed by atoms with Crippen LogP contribution in [-0.4, -0.2) is 36.4 Å². The van der Waals surface area contributed by atoms with E-state index < -0.39 is 5.97 Å². The Kier molecular flexibility index (Phi) is 3.16. The number of carboxylic acid groups (broad SMARTS) is 1. The van der Waals surface area contributed by atoms with Gasteiger partial charge in [-0.2, -0.15) is 0 Å². The number of rotatable bonds is 2. The number of aromatic carboxylic acids is 1. The number of carbonyl (C=O) groups is 1. The third kappa shape index (κ3) is 2.36. The molecule has 0 spiro atoms. The van der Waals surface area contributed by atoms with Gasteiger partial charge < -0.3 is 14.7 Å². The first kappa shape index (κ1) is 11.4. The van der Waals surface area contributed by atoms with Crippen LogP contribution in [0.1, 0.15) is 23.5 Å². The molecule has 2 heterocycles. The number of nitrogens with zero attached hydrogens (tertiary/aromatic N) is 1. The molecule has 2 atom stereocenters. The van der Waals surface area contributed by atoms with Gasteiger partial charge in [0.25, 0.3) is 0 Å². The van der Waals surface area contributed by atoms with Crippen LogP contribution in [0.2, 0.25) is 0 Å². The van der Waals surface area contributed by atoms with E-state index in [0.29, 0.717) is 4.88 Å². The van der Waals surface area contributed by atoms with Gasteiger partial charge in [0.2, 0.25) is 0 Å². The standard InChI is InChI=1S/C11H15NO3S/c1-7-4-12(5-8(2)15-7)9-3-10(11(13)14)16-6-9/h3,6-8H,4-5H2,1-2H3,(H,13,14)/t7-,8+. The molecule has 0 radical (unpaired) electrons. The highest BCUT2D eigenvalue weighted by Gasteiger charge is 2.23. The summed E-state index contributed by atoms with van der Waals surface area (Å²) in [6.45, 7) is 5.71. The molecule has 2 rings (SSSR count). The maximum Gasteiger partial charge on any atom is 0.345 e. The Morgan fingerprint density at radius 3 is 2.62 bits per heavy atom. The lowest BCUT2D eigenvalue weighted by atomic mass is 10.2. The molecule has 88 valence electrons. The summed E-state index contributed by atoms with van der Waals surface area (Å²) in [4.78, 5) is 13.4. The molecule has 1 aliphatic heterocycles. The minimum atomic E-state index is -0.856. The van der Waals surface area contributed by atoms with E-state index in [1.165, 1.54) is 11.3 Å². The number of thiophene rings is 1. The second-order valence-corrected chi connectivity index (χ2v) is 5.05. The molecule has 1 aromatic heterocycles. The molecule has 1 saturated heterocycles. The van der Waals surface area contributed by atoms with Gasteiger partial charge in [-0.1, -0.05) is 0 Å². The van der Waals surface area contributed by atoms with E-state index in [-0.39, 0.29) is 12.2 Å². The lowest BCUT2D eigenvalue weighted by Gasteiger charge is -2.36. The maximum absolute atomic E-state index is 10.8. The molecule has 0 amide bonds. The first-order chi connectivity index (χ1) is 7.56. The van der Waals surface area contributed by atoms with Crippen LogP contribution >= 0.6 is 11.3 Å². The van der Waals surface area contributed by atoms with E-state index in [2.05, 4.69) is 4.90 Å². The van der Waals surface area contributed by atoms with Crippen LogP contribution in [0.4, 0.5) is 5.69 Å². The minimum absolute atomic E-state index is 0.192. The van der Waals surface area contributed by atoms with Gasteiger partial charge in [0.05, 0.1) is 12.2 Å². The number of carboxylic acids is 1. The van der Waals surface area contributed by atoms with Crippen molar-refractivity contribution in [3.63, 3.8) is 0 Å². The lowest BCUT2D eigenvalue weighted by Crippen LogP contribution is -2.45. The second-order valence-electron chi connectivity index (χ2n) is 4.14. The number of hydrogen-bond acceptors (Lipinski definition) is 4. The van der Waals surface area contributed by atoms with Crippen LogP contribution in [0.3, 0.4) is 0 Å². The Balaban J connectivity index is 2.13. The van der Waals surface area contributed by atoms with Crippen LogP contribution in [0.5, 0.6) is 0 Å². The van der Waals surface area contributed by atoms with Gasteiger partial charge in [-0.25, -0.2) is 4.79 Å². The Bertz CT molecular complexity index is 380. The topological polar surface area (TPSA) is 49.8 Å². The fourth-order valence-corrected chi connectivity index (χ4v) is 2.75. The van der Waals surface area contributed by atoms with Crippen LogP contribution in [-0.2, 0) is 4.74 Å². The molecule has 5 heteroatoms. The molecule has 4 nitrogen and oxygen atoms in total. The highest BCUT2D eigenvalue weighted by atomic mass is 32.1. The van der Waals surface area contributed by atoms with E-state index >= 15 is 0 Å². The van der Waals surface area contributed by atoms with E-state index in [9.17, 15) is 4.79 Å². The third-order valence-corrected chi connectivity index (χ3v) is 3.49. The summed E-state index contributed by atoms with van der Waals surface area (Å²) in [6.07, 6.45) is 0.383. The molecule has 0 bridgehead atoms. The van der Waals surface area contributed by atoms with Gasteiger partial charge in [-0.05, 0) is 19.9 Å². The molecule has 0 aromatic carbocycles. The van der Waals surface area contributed by atoms with Crippen molar-refractivity contribution < 1.29 is 14.6 Å². The summed E-state index contributed by atoms with van der Waals surface area (Å²) in [5, 5.41) is 10.8. The summed E-state index contributed by atoms with van der Waals surface area (Å²) in [6, 6.07) is 1.73. The quantitative estimate of drug-likeness (QED) is 0.861. The molecule has 1 aliphatic rings. The van der Waals surface area contributed by atoms with E-state index in [0.717, 1.165) is 18.8 Å². The fraction of sp³-hybridized carbons (Fsp3) is 0.545. The molecule has 1 N–H and O–H groups in total. The lowest BCUT2D eigenvalue weighted by molar-refractivity contribution is -0.00519. The van der Waals surface area contributed by atoms with Crippen molar-refractivity contribution in [1.82, 2.24) is 0 Å². The Morgan fingerprint density at radius 1 is 1.50 bits per heavy atom. The zero-order chi connectivity index (χ0) is 11.7. The molecule has 0 aliphatic carbocycles. The summed E-state index contributed by atoms with van der Waals surface area (Å²) in [5.41, 5.74) is 0.990. The van der Waals surface area contributed by atoms with Crippen LogP contribution < -0.4 is 4.90 Å². The second kappa shape index (κ2) is 4.43. The average Bonchev–Trinajstić information content (AvgIpc) is 2.64. The molecule has 1 aromatic rings. The van der Waals surface area contributed by atoms with Gasteiger partial charge in [0.15, 0.2) is 0 Å². The SMILES string of the molecule is C[C@@H]1CN(c2csc(C(=O)O)c2)C[C@H](C)O1. The van der Waals surface area contributed by atoms with E-state index in [1.807, 2.05) is 19.2 Å². The number of hydrogen-bond donors (Lipinski definition) is 1. The molecular formula is C11H15NO3S. The summed E-state index contributed by atoms with van der Waals surface area (Å²) in [5.74, 6) is -0.856. The van der Waals surface area contributed by atoms with Gasteiger partial charge >= 0.3 is 5.97 Å². The average molecular weight is 241 g/mol. The molecule has 1 fully saturated rings. The van der Waals surface area contributed by atoms with Crippen molar-refractivity contribution in [2.75, 3.05) is 18.0 Å². The van der Waals surface area contributed by atoms with E-state index in [4.69, 9.17) is 9.84 Å². The Labute approximate surface area is 98.4 Å². The normalized spacial score (nSPS) is 25.8. The zero-order valence-electron chi connectivity index (χ0n) is 9.34. The highest BCUT2D eigenvalue weighted by Crippen LogP contribution is 2.26. The fourth-order valence-electron chi connectivity index (χ4n) is 1.99. The molecule has 0 saturated carbocycles. The number of anilines is 1. The van der Waals surface area contributed by atoms with Crippen molar-refractivity contribution in [2.24, 2.45) is 0 Å². The van der Waals surface area contributed by atoms with Crippen molar-refractivity contribution in [2.45, 2.75) is 26.1 Å². The summed E-state index contributed by atoms with van der Waals surface area (Å²) < 4.78 is 5.64. The first-order valence-electron chi connectivity index (χ1n) is 5.28. The first-order valence-corrected chi connectivity index (χ1v) is 6.16. The minimum Gasteiger partial charge on any atom is -0.477 e. The van der Waals surface area contributed by atoms with Gasteiger partial charge in [-0.3, -0.25) is 0 Å². The van der Waals surface area contributed by atoms with E-state index in [1.54, 1.807) is 6.07 Å². The largest absolute Gasteiger partial charge is 0.477 e. The highest BCUT2D eigenvalue weighted by molar-refractivity contribution is 7.12. The van der Waals surface area contributed by atoms with Crippen molar-refractivity contribution in [3.05, 3.63) is 16.3 Å².